The summed E-state index contributed by atoms with van der Waals surface area (Å²) < 4.78 is 60.5. The van der Waals surface area contributed by atoms with Crippen LogP contribution in [0.3, 0.4) is 0 Å². The van der Waals surface area contributed by atoms with E-state index in [9.17, 15) is 32.3 Å². The summed E-state index contributed by atoms with van der Waals surface area (Å²) >= 11 is 6.05. The second kappa shape index (κ2) is 15.6. The normalized spacial score (nSPS) is 11.4. The first-order valence-corrected chi connectivity index (χ1v) is 10.3. The number of alkyl halides is 3. The molecule has 0 atom stereocenters. The van der Waals surface area contributed by atoms with Crippen molar-refractivity contribution in [2.45, 2.75) is 13.3 Å². The molecule has 10 nitrogen and oxygen atoms in total. The molecule has 1 N–H and O–H groups in total. The number of rotatable bonds is 15. The Morgan fingerprint density at radius 3 is 1.97 bits per heavy atom. The minimum absolute atomic E-state index is 0.0221. The van der Waals surface area contributed by atoms with Crippen molar-refractivity contribution >= 4 is 35.5 Å². The van der Waals surface area contributed by atoms with Crippen molar-refractivity contribution in [1.29, 1.82) is 0 Å². The fourth-order valence-corrected chi connectivity index (χ4v) is 2.84. The SMILES string of the molecule is CCOC(=O)/C=C(/CNCCC(C(=O)OCF)(C(=O)OCF)C(=O)OCF)Oc1ccccc1Cl. The molecule has 35 heavy (non-hydrogen) atoms. The molecule has 0 unspecified atom stereocenters. The maximum absolute atomic E-state index is 12.6. The van der Waals surface area contributed by atoms with Gasteiger partial charge in [-0.05, 0) is 32.0 Å². The van der Waals surface area contributed by atoms with Crippen LogP contribution in [0.15, 0.2) is 36.1 Å². The Kier molecular flexibility index (Phi) is 13.2. The van der Waals surface area contributed by atoms with E-state index in [4.69, 9.17) is 21.1 Å². The quantitative estimate of drug-likeness (QED) is 0.0911. The Bertz CT molecular complexity index is 868. The maximum Gasteiger partial charge on any atom is 0.337 e. The predicted molar refractivity (Wildman–Crippen MR) is 113 cm³/mol. The lowest BCUT2D eigenvalue weighted by molar-refractivity contribution is -0.189. The fourth-order valence-electron chi connectivity index (χ4n) is 2.66. The van der Waals surface area contributed by atoms with Crippen molar-refractivity contribution in [3.8, 4) is 5.75 Å². The van der Waals surface area contributed by atoms with E-state index in [2.05, 4.69) is 19.5 Å². The van der Waals surface area contributed by atoms with Crippen LogP contribution < -0.4 is 10.1 Å². The second-order valence-electron chi connectivity index (χ2n) is 6.35. The Morgan fingerprint density at radius 1 is 0.943 bits per heavy atom. The van der Waals surface area contributed by atoms with Crippen LogP contribution in [0.1, 0.15) is 13.3 Å². The van der Waals surface area contributed by atoms with E-state index >= 15 is 0 Å². The van der Waals surface area contributed by atoms with Gasteiger partial charge in [-0.1, -0.05) is 23.7 Å². The topological polar surface area (TPSA) is 126 Å². The second-order valence-corrected chi connectivity index (χ2v) is 6.76. The number of esters is 4. The van der Waals surface area contributed by atoms with Gasteiger partial charge >= 0.3 is 23.9 Å². The molecule has 0 aliphatic carbocycles. The van der Waals surface area contributed by atoms with E-state index < -0.39 is 62.8 Å². The van der Waals surface area contributed by atoms with Gasteiger partial charge in [0.1, 0.15) is 11.5 Å². The van der Waals surface area contributed by atoms with Crippen LogP contribution in [-0.4, -0.2) is 64.2 Å². The molecule has 0 heterocycles. The average molecular weight is 526 g/mol. The molecular formula is C21H23ClF3NO9. The van der Waals surface area contributed by atoms with E-state index in [0.29, 0.717) is 0 Å². The Labute approximate surface area is 203 Å². The third-order valence-electron chi connectivity index (χ3n) is 4.22. The average Bonchev–Trinajstić information content (AvgIpc) is 2.81. The van der Waals surface area contributed by atoms with Crippen LogP contribution >= 0.6 is 11.6 Å². The van der Waals surface area contributed by atoms with Gasteiger partial charge < -0.3 is 29.0 Å². The van der Waals surface area contributed by atoms with Crippen LogP contribution in [0.2, 0.25) is 5.02 Å². The Morgan fingerprint density at radius 2 is 1.49 bits per heavy atom. The number of carbonyl (C=O) groups excluding carboxylic acids is 4. The summed E-state index contributed by atoms with van der Waals surface area (Å²) in [5, 5.41) is 2.89. The largest absolute Gasteiger partial charge is 0.463 e. The number of halogens is 4. The van der Waals surface area contributed by atoms with Gasteiger partial charge in [0.05, 0.1) is 24.3 Å². The molecule has 0 radical (unpaired) electrons. The molecule has 0 saturated heterocycles. The zero-order valence-corrected chi connectivity index (χ0v) is 19.3. The van der Waals surface area contributed by atoms with Crippen LogP contribution in [0.25, 0.3) is 0 Å². The smallest absolute Gasteiger partial charge is 0.337 e. The number of para-hydroxylation sites is 1. The molecule has 1 aromatic carbocycles. The Balaban J connectivity index is 3.09. The molecule has 0 fully saturated rings. The summed E-state index contributed by atoms with van der Waals surface area (Å²) in [6.45, 7) is -4.20. The predicted octanol–water partition coefficient (Wildman–Crippen LogP) is 2.54. The summed E-state index contributed by atoms with van der Waals surface area (Å²) in [5.41, 5.74) is -3.02. The van der Waals surface area contributed by atoms with Crippen molar-refractivity contribution in [2.24, 2.45) is 5.41 Å². The highest BCUT2D eigenvalue weighted by atomic mass is 35.5. The van der Waals surface area contributed by atoms with Gasteiger partial charge in [0.25, 0.3) is 5.41 Å². The number of nitrogens with one attached hydrogen (secondary N) is 1. The lowest BCUT2D eigenvalue weighted by Crippen LogP contribution is -2.51. The van der Waals surface area contributed by atoms with Gasteiger partial charge in [-0.3, -0.25) is 14.4 Å². The molecule has 194 valence electrons. The first-order chi connectivity index (χ1) is 16.8. The molecule has 0 aliphatic heterocycles. The van der Waals surface area contributed by atoms with Crippen molar-refractivity contribution in [3.05, 3.63) is 41.1 Å². The van der Waals surface area contributed by atoms with Crippen LogP contribution in [-0.2, 0) is 38.1 Å². The van der Waals surface area contributed by atoms with Crippen LogP contribution in [0.4, 0.5) is 13.2 Å². The first kappa shape index (κ1) is 29.7. The fraction of sp³-hybridized carbons (Fsp3) is 0.429. The zero-order valence-electron chi connectivity index (χ0n) is 18.5. The molecular weight excluding hydrogens is 503 g/mol. The highest BCUT2D eigenvalue weighted by molar-refractivity contribution is 6.32. The van der Waals surface area contributed by atoms with Crippen LogP contribution in [0.5, 0.6) is 5.75 Å². The highest BCUT2D eigenvalue weighted by Gasteiger charge is 2.57. The lowest BCUT2D eigenvalue weighted by atomic mass is 9.84. The van der Waals surface area contributed by atoms with Gasteiger partial charge in [0, 0.05) is 0 Å². The molecule has 0 amide bonds. The summed E-state index contributed by atoms with van der Waals surface area (Å²) in [4.78, 5) is 48.7. The lowest BCUT2D eigenvalue weighted by Gasteiger charge is -2.26. The number of hydrogen-bond donors (Lipinski definition) is 1. The number of hydrogen-bond acceptors (Lipinski definition) is 10. The van der Waals surface area contributed by atoms with Gasteiger partial charge in [0.2, 0.25) is 20.6 Å². The summed E-state index contributed by atoms with van der Waals surface area (Å²) in [5.74, 6) is -5.90. The molecule has 1 rings (SSSR count). The molecule has 0 bridgehead atoms. The summed E-state index contributed by atoms with van der Waals surface area (Å²) in [7, 11) is 0. The molecule has 1 aromatic rings. The van der Waals surface area contributed by atoms with E-state index in [1.54, 1.807) is 19.1 Å². The van der Waals surface area contributed by atoms with Crippen LogP contribution in [0, 0.1) is 5.41 Å². The van der Waals surface area contributed by atoms with E-state index in [-0.39, 0.29) is 29.7 Å². The van der Waals surface area contributed by atoms with Gasteiger partial charge in [-0.2, -0.15) is 0 Å². The minimum atomic E-state index is -3.02. The number of benzene rings is 1. The molecule has 0 saturated carbocycles. The van der Waals surface area contributed by atoms with Crippen molar-refractivity contribution in [2.75, 3.05) is 40.3 Å². The molecule has 0 aromatic heterocycles. The minimum Gasteiger partial charge on any atom is -0.463 e. The third-order valence-corrected chi connectivity index (χ3v) is 4.53. The standard InChI is InChI=1S/C21H23ClF3NO9/c1-2-31-17(27)9-14(35-16-6-4-3-5-15(16)22)10-26-8-7-21(18(28)32-11-23,19(29)33-12-24)20(30)34-13-25/h3-6,9,26H,2,7-8,10-13H2,1H3/b14-9-. The van der Waals surface area contributed by atoms with E-state index in [0.717, 1.165) is 6.08 Å². The summed E-state index contributed by atoms with van der Waals surface area (Å²) in [6.07, 6.45) is 0.182. The number of carbonyl (C=O) groups is 4. The van der Waals surface area contributed by atoms with Crippen molar-refractivity contribution in [1.82, 2.24) is 5.32 Å². The summed E-state index contributed by atoms with van der Waals surface area (Å²) in [6, 6.07) is 6.31. The zero-order chi connectivity index (χ0) is 26.3. The van der Waals surface area contributed by atoms with E-state index in [1.807, 2.05) is 0 Å². The van der Waals surface area contributed by atoms with Crippen molar-refractivity contribution < 1.29 is 56.0 Å². The molecule has 14 heteroatoms. The maximum atomic E-state index is 12.6. The van der Waals surface area contributed by atoms with Gasteiger partial charge in [-0.25, -0.2) is 18.0 Å². The first-order valence-electron chi connectivity index (χ1n) is 9.96. The van der Waals surface area contributed by atoms with Gasteiger partial charge in [-0.15, -0.1) is 0 Å². The van der Waals surface area contributed by atoms with Gasteiger partial charge in [0.15, 0.2) is 0 Å². The third kappa shape index (κ3) is 8.76. The van der Waals surface area contributed by atoms with Crippen molar-refractivity contribution in [3.63, 3.8) is 0 Å². The number of ether oxygens (including phenoxy) is 5. The Hall–Kier alpha value is -3.32. The van der Waals surface area contributed by atoms with E-state index in [1.165, 1.54) is 12.1 Å². The highest BCUT2D eigenvalue weighted by Crippen LogP contribution is 2.29. The molecule has 0 spiro atoms. The monoisotopic (exact) mass is 525 g/mol. The molecule has 0 aliphatic rings.